The van der Waals surface area contributed by atoms with Gasteiger partial charge in [0.15, 0.2) is 0 Å². The van der Waals surface area contributed by atoms with Gasteiger partial charge in [-0.05, 0) is 26.8 Å². The molecule has 1 aromatic rings. The molecule has 0 unspecified atom stereocenters. The van der Waals surface area contributed by atoms with Crippen LogP contribution in [0.15, 0.2) is 24.4 Å². The first-order chi connectivity index (χ1) is 8.38. The molecular formula is C13H22IN3O2. The molecule has 1 amide bonds. The lowest BCUT2D eigenvalue weighted by Gasteiger charge is -2.19. The lowest BCUT2D eigenvalue weighted by Crippen LogP contribution is -3.00. The molecule has 5 nitrogen and oxygen atoms in total. The number of carbonyl (C=O) groups excluding carboxylic acids is 1. The number of halogens is 1. The third-order valence-electron chi connectivity index (χ3n) is 2.15. The van der Waals surface area contributed by atoms with Gasteiger partial charge in [-0.15, -0.1) is 0 Å². The second-order valence-electron chi connectivity index (χ2n) is 5.05. The van der Waals surface area contributed by atoms with Crippen molar-refractivity contribution in [2.45, 2.75) is 26.4 Å². The molecule has 1 heterocycles. The van der Waals surface area contributed by atoms with Gasteiger partial charge >= 0.3 is 6.09 Å². The summed E-state index contributed by atoms with van der Waals surface area (Å²) in [6.45, 7) is 6.69. The second kappa shape index (κ2) is 8.19. The van der Waals surface area contributed by atoms with E-state index in [0.717, 1.165) is 5.82 Å². The maximum absolute atomic E-state index is 11.4. The van der Waals surface area contributed by atoms with E-state index in [1.165, 1.54) is 0 Å². The summed E-state index contributed by atoms with van der Waals surface area (Å²) >= 11 is 0. The van der Waals surface area contributed by atoms with Gasteiger partial charge in [-0.3, -0.25) is 5.32 Å². The molecule has 1 rings (SSSR count). The molecule has 19 heavy (non-hydrogen) atoms. The highest BCUT2D eigenvalue weighted by Crippen LogP contribution is 2.06. The number of amides is 1. The molecule has 0 saturated heterocycles. The van der Waals surface area contributed by atoms with Crippen LogP contribution in [0.5, 0.6) is 0 Å². The van der Waals surface area contributed by atoms with E-state index in [0.29, 0.717) is 13.1 Å². The zero-order valence-corrected chi connectivity index (χ0v) is 14.0. The normalized spacial score (nSPS) is 10.3. The van der Waals surface area contributed by atoms with Crippen LogP contribution < -0.4 is 39.2 Å². The van der Waals surface area contributed by atoms with Crippen LogP contribution in [0.25, 0.3) is 0 Å². The van der Waals surface area contributed by atoms with Gasteiger partial charge in [0.05, 0.1) is 19.8 Å². The van der Waals surface area contributed by atoms with Crippen molar-refractivity contribution >= 4 is 11.9 Å². The lowest BCUT2D eigenvalue weighted by molar-refractivity contribution is -0.657. The predicted octanol–water partition coefficient (Wildman–Crippen LogP) is -1.55. The van der Waals surface area contributed by atoms with E-state index >= 15 is 0 Å². The molecule has 6 heteroatoms. The Morgan fingerprint density at radius 1 is 1.32 bits per heavy atom. The summed E-state index contributed by atoms with van der Waals surface area (Å²) in [7, 11) is 1.96. The third-order valence-corrected chi connectivity index (χ3v) is 2.15. The van der Waals surface area contributed by atoms with E-state index in [2.05, 4.69) is 10.6 Å². The van der Waals surface area contributed by atoms with Crippen molar-refractivity contribution in [2.75, 3.05) is 18.4 Å². The highest BCUT2D eigenvalue weighted by molar-refractivity contribution is 5.67. The molecule has 108 valence electrons. The molecule has 0 atom stereocenters. The summed E-state index contributed by atoms with van der Waals surface area (Å²) in [5.41, 5.74) is -0.455. The summed E-state index contributed by atoms with van der Waals surface area (Å²) < 4.78 is 7.11. The van der Waals surface area contributed by atoms with Crippen LogP contribution in [0.4, 0.5) is 10.6 Å². The number of nitrogens with one attached hydrogen (secondary N) is 2. The van der Waals surface area contributed by atoms with Crippen molar-refractivity contribution in [3.8, 4) is 0 Å². The van der Waals surface area contributed by atoms with Gasteiger partial charge < -0.3 is 34.0 Å². The number of alkyl carbamates (subject to hydrolysis) is 1. The highest BCUT2D eigenvalue weighted by Gasteiger charge is 2.15. The van der Waals surface area contributed by atoms with Crippen molar-refractivity contribution in [3.05, 3.63) is 24.4 Å². The lowest BCUT2D eigenvalue weighted by atomic mass is 10.2. The molecule has 0 aliphatic rings. The van der Waals surface area contributed by atoms with E-state index in [1.807, 2.05) is 56.8 Å². The number of aromatic nitrogens is 1. The second-order valence-corrected chi connectivity index (χ2v) is 5.05. The number of hydrogen-bond acceptors (Lipinski definition) is 3. The number of aryl methyl sites for hydroxylation is 1. The van der Waals surface area contributed by atoms with Crippen LogP contribution in [0.2, 0.25) is 0 Å². The molecule has 0 aliphatic heterocycles. The zero-order chi connectivity index (χ0) is 13.6. The third kappa shape index (κ3) is 7.86. The minimum atomic E-state index is -0.455. The summed E-state index contributed by atoms with van der Waals surface area (Å²) in [6, 6.07) is 5.90. The van der Waals surface area contributed by atoms with Gasteiger partial charge in [0.1, 0.15) is 12.1 Å². The standard InChI is InChI=1S/C13H21N3O2.HI/c1-13(2,3)18-12(17)15-9-8-14-11-7-5-6-10-16(11)4;/h5-7,10H,8-9H2,1-4H3,(H,15,17);1H. The van der Waals surface area contributed by atoms with Gasteiger partial charge in [0.25, 0.3) is 5.82 Å². The highest BCUT2D eigenvalue weighted by atomic mass is 127. The molecule has 0 radical (unpaired) electrons. The Balaban J connectivity index is 0.00000324. The molecule has 0 aromatic carbocycles. The van der Waals surface area contributed by atoms with Gasteiger partial charge in [-0.2, -0.15) is 0 Å². The van der Waals surface area contributed by atoms with Gasteiger partial charge in [0.2, 0.25) is 0 Å². The van der Waals surface area contributed by atoms with E-state index in [1.54, 1.807) is 0 Å². The van der Waals surface area contributed by atoms with Crippen molar-refractivity contribution in [2.24, 2.45) is 7.05 Å². The van der Waals surface area contributed by atoms with Crippen LogP contribution in [0, 0.1) is 0 Å². The van der Waals surface area contributed by atoms with E-state index in [9.17, 15) is 4.79 Å². The Hall–Kier alpha value is -1.05. The number of carbonyl (C=O) groups is 1. The van der Waals surface area contributed by atoms with Gasteiger partial charge in [0, 0.05) is 6.07 Å². The topological polar surface area (TPSA) is 54.2 Å². The Bertz CT molecular complexity index is 405. The molecule has 0 bridgehead atoms. The van der Waals surface area contributed by atoms with E-state index in [-0.39, 0.29) is 30.1 Å². The Morgan fingerprint density at radius 2 is 2.00 bits per heavy atom. The molecule has 0 fully saturated rings. The average Bonchev–Trinajstić information content (AvgIpc) is 2.24. The molecule has 1 aromatic heterocycles. The zero-order valence-electron chi connectivity index (χ0n) is 11.9. The van der Waals surface area contributed by atoms with Crippen LogP contribution >= 0.6 is 0 Å². The van der Waals surface area contributed by atoms with Gasteiger partial charge in [-0.25, -0.2) is 9.36 Å². The molecule has 2 N–H and O–H groups in total. The maximum Gasteiger partial charge on any atom is 0.407 e. The van der Waals surface area contributed by atoms with Crippen LogP contribution in [-0.4, -0.2) is 24.8 Å². The fraction of sp³-hybridized carbons (Fsp3) is 0.538. The fourth-order valence-electron chi connectivity index (χ4n) is 1.38. The Kier molecular flexibility index (Phi) is 7.73. The van der Waals surface area contributed by atoms with Gasteiger partial charge in [-0.1, -0.05) is 6.07 Å². The average molecular weight is 379 g/mol. The maximum atomic E-state index is 11.4. The molecule has 0 saturated carbocycles. The van der Waals surface area contributed by atoms with Crippen LogP contribution in [-0.2, 0) is 11.8 Å². The number of ether oxygens (including phenoxy) is 1. The summed E-state index contributed by atoms with van der Waals surface area (Å²) in [5, 5.41) is 5.92. The first kappa shape index (κ1) is 17.9. The summed E-state index contributed by atoms with van der Waals surface area (Å²) in [6.07, 6.45) is 1.57. The quantitative estimate of drug-likeness (QED) is 0.379. The molecule has 0 aliphatic carbocycles. The number of pyridine rings is 1. The molecular weight excluding hydrogens is 357 g/mol. The Labute approximate surface area is 131 Å². The molecule has 0 spiro atoms. The number of rotatable bonds is 4. The number of nitrogens with zero attached hydrogens (tertiary/aromatic N) is 1. The predicted molar refractivity (Wildman–Crippen MR) is 70.3 cm³/mol. The largest absolute Gasteiger partial charge is 1.00 e. The van der Waals surface area contributed by atoms with E-state index in [4.69, 9.17) is 4.74 Å². The summed E-state index contributed by atoms with van der Waals surface area (Å²) in [5.74, 6) is 1.00. The fourth-order valence-corrected chi connectivity index (χ4v) is 1.38. The minimum absolute atomic E-state index is 0. The smallest absolute Gasteiger partial charge is 0.407 e. The van der Waals surface area contributed by atoms with Crippen molar-refractivity contribution in [3.63, 3.8) is 0 Å². The van der Waals surface area contributed by atoms with Crippen molar-refractivity contribution < 1.29 is 38.1 Å². The SMILES string of the molecule is C[n+]1ccccc1NCCNC(=O)OC(C)(C)C.[I-]. The van der Waals surface area contributed by atoms with Crippen LogP contribution in [0.3, 0.4) is 0 Å². The number of hydrogen-bond donors (Lipinski definition) is 2. The Morgan fingerprint density at radius 3 is 2.58 bits per heavy atom. The van der Waals surface area contributed by atoms with Crippen molar-refractivity contribution in [1.82, 2.24) is 5.32 Å². The summed E-state index contributed by atoms with van der Waals surface area (Å²) in [4.78, 5) is 11.4. The van der Waals surface area contributed by atoms with Crippen molar-refractivity contribution in [1.29, 1.82) is 0 Å². The first-order valence-corrected chi connectivity index (χ1v) is 6.04. The van der Waals surface area contributed by atoms with E-state index < -0.39 is 5.60 Å². The first-order valence-electron chi connectivity index (χ1n) is 6.04. The minimum Gasteiger partial charge on any atom is -1.00 e. The monoisotopic (exact) mass is 379 g/mol. The number of anilines is 1. The van der Waals surface area contributed by atoms with Crippen LogP contribution in [0.1, 0.15) is 20.8 Å².